The molecule has 0 saturated carbocycles. The number of carbonyl (C=O) groups excluding carboxylic acids is 1. The third kappa shape index (κ3) is 4.71. The van der Waals surface area contributed by atoms with Crippen molar-refractivity contribution in [1.29, 1.82) is 0 Å². The number of methoxy groups -OCH3 is 1. The van der Waals surface area contributed by atoms with Crippen LogP contribution < -0.4 is 9.47 Å². The van der Waals surface area contributed by atoms with Crippen LogP contribution in [-0.2, 0) is 4.74 Å². The number of carbonyl (C=O) groups is 1. The van der Waals surface area contributed by atoms with E-state index in [4.69, 9.17) is 14.2 Å². The van der Waals surface area contributed by atoms with E-state index in [0.717, 1.165) is 0 Å². The van der Waals surface area contributed by atoms with Gasteiger partial charge in [-0.3, -0.25) is 0 Å². The highest BCUT2D eigenvalue weighted by atomic mass is 79.9. The van der Waals surface area contributed by atoms with Crippen molar-refractivity contribution >= 4 is 21.9 Å². The number of rotatable bonds is 4. The molecule has 0 aliphatic carbocycles. The molecule has 5 heteroatoms. The lowest BCUT2D eigenvalue weighted by atomic mass is 10.1. The van der Waals surface area contributed by atoms with Crippen LogP contribution in [0.15, 0.2) is 16.6 Å². The van der Waals surface area contributed by atoms with Crippen molar-refractivity contribution in [1.82, 2.24) is 0 Å². The third-order valence-corrected chi connectivity index (χ3v) is 2.81. The van der Waals surface area contributed by atoms with Crippen molar-refractivity contribution in [2.45, 2.75) is 46.3 Å². The Bertz CT molecular complexity index is 489. The van der Waals surface area contributed by atoms with Crippen molar-refractivity contribution in [3.63, 3.8) is 0 Å². The van der Waals surface area contributed by atoms with Gasteiger partial charge in [-0.1, -0.05) is 0 Å². The number of hydrogen-bond acceptors (Lipinski definition) is 4. The number of esters is 1. The lowest BCUT2D eigenvalue weighted by molar-refractivity contribution is 0.00690. The second kappa shape index (κ2) is 6.48. The van der Waals surface area contributed by atoms with Gasteiger partial charge in [-0.25, -0.2) is 4.79 Å². The van der Waals surface area contributed by atoms with Crippen LogP contribution in [0.4, 0.5) is 0 Å². The predicted octanol–water partition coefficient (Wildman–Crippen LogP) is 4.20. The molecule has 112 valence electrons. The summed E-state index contributed by atoms with van der Waals surface area (Å²) in [4.78, 5) is 12.1. The molecular formula is C15H21BrO4. The van der Waals surface area contributed by atoms with Crippen molar-refractivity contribution in [2.24, 2.45) is 0 Å². The fourth-order valence-electron chi connectivity index (χ4n) is 1.52. The maximum absolute atomic E-state index is 12.1. The average Bonchev–Trinajstić information content (AvgIpc) is 2.28. The first-order chi connectivity index (χ1) is 9.14. The number of benzene rings is 1. The van der Waals surface area contributed by atoms with Crippen molar-refractivity contribution in [3.05, 3.63) is 22.2 Å². The van der Waals surface area contributed by atoms with Crippen molar-refractivity contribution in [2.75, 3.05) is 7.11 Å². The molecule has 0 atom stereocenters. The van der Waals surface area contributed by atoms with Crippen molar-refractivity contribution < 1.29 is 19.0 Å². The highest BCUT2D eigenvalue weighted by Crippen LogP contribution is 2.37. The highest BCUT2D eigenvalue weighted by Gasteiger charge is 2.21. The van der Waals surface area contributed by atoms with E-state index in [1.54, 1.807) is 12.1 Å². The lowest BCUT2D eigenvalue weighted by Gasteiger charge is -2.20. The minimum atomic E-state index is -0.538. The molecule has 0 amide bonds. The van der Waals surface area contributed by atoms with Crippen LogP contribution in [0, 0.1) is 0 Å². The smallest absolute Gasteiger partial charge is 0.338 e. The number of hydrogen-bond donors (Lipinski definition) is 0. The molecule has 0 fully saturated rings. The summed E-state index contributed by atoms with van der Waals surface area (Å²) >= 11 is 3.40. The molecule has 0 heterocycles. The molecule has 1 rings (SSSR count). The summed E-state index contributed by atoms with van der Waals surface area (Å²) in [6.45, 7) is 9.33. The van der Waals surface area contributed by atoms with Gasteiger partial charge in [0.15, 0.2) is 11.5 Å². The van der Waals surface area contributed by atoms with Gasteiger partial charge in [0.05, 0.1) is 23.2 Å². The summed E-state index contributed by atoms with van der Waals surface area (Å²) in [5.41, 5.74) is -0.121. The standard InChI is InChI=1S/C15H21BrO4/c1-9(2)19-13-11(16)7-10(8-12(13)18-6)14(17)20-15(3,4)5/h7-9H,1-6H3. The van der Waals surface area contributed by atoms with Gasteiger partial charge < -0.3 is 14.2 Å². The fraction of sp³-hybridized carbons (Fsp3) is 0.533. The van der Waals surface area contributed by atoms with Crippen LogP contribution in [0.3, 0.4) is 0 Å². The van der Waals surface area contributed by atoms with E-state index in [2.05, 4.69) is 15.9 Å². The van der Waals surface area contributed by atoms with Crippen LogP contribution in [0.25, 0.3) is 0 Å². The molecule has 0 unspecified atom stereocenters. The zero-order valence-electron chi connectivity index (χ0n) is 12.7. The first-order valence-corrected chi connectivity index (χ1v) is 7.21. The molecule has 0 aliphatic heterocycles. The van der Waals surface area contributed by atoms with E-state index in [-0.39, 0.29) is 6.10 Å². The monoisotopic (exact) mass is 344 g/mol. The van der Waals surface area contributed by atoms with Gasteiger partial charge in [0.2, 0.25) is 0 Å². The minimum Gasteiger partial charge on any atom is -0.493 e. The maximum atomic E-state index is 12.1. The Kier molecular flexibility index (Phi) is 5.45. The van der Waals surface area contributed by atoms with Crippen LogP contribution in [0.1, 0.15) is 45.0 Å². The zero-order valence-corrected chi connectivity index (χ0v) is 14.3. The molecule has 20 heavy (non-hydrogen) atoms. The molecule has 0 radical (unpaired) electrons. The molecule has 0 aliphatic rings. The van der Waals surface area contributed by atoms with E-state index in [0.29, 0.717) is 21.5 Å². The Labute approximate surface area is 128 Å². The molecule has 0 N–H and O–H groups in total. The molecule has 4 nitrogen and oxygen atoms in total. The van der Waals surface area contributed by atoms with Gasteiger partial charge in [-0.15, -0.1) is 0 Å². The molecule has 0 bridgehead atoms. The molecule has 0 aromatic heterocycles. The van der Waals surface area contributed by atoms with E-state index in [1.165, 1.54) is 7.11 Å². The van der Waals surface area contributed by atoms with E-state index >= 15 is 0 Å². The molecule has 1 aromatic carbocycles. The Morgan fingerprint density at radius 1 is 1.25 bits per heavy atom. The number of halogens is 1. The van der Waals surface area contributed by atoms with Gasteiger partial charge in [0.25, 0.3) is 0 Å². The van der Waals surface area contributed by atoms with E-state index in [1.807, 2.05) is 34.6 Å². The summed E-state index contributed by atoms with van der Waals surface area (Å²) in [7, 11) is 1.54. The topological polar surface area (TPSA) is 44.8 Å². The second-order valence-corrected chi connectivity index (χ2v) is 6.51. The molecule has 1 aromatic rings. The van der Waals surface area contributed by atoms with Crippen molar-refractivity contribution in [3.8, 4) is 11.5 Å². The van der Waals surface area contributed by atoms with Crippen LogP contribution in [-0.4, -0.2) is 24.8 Å². The fourth-order valence-corrected chi connectivity index (χ4v) is 2.06. The Hall–Kier alpha value is -1.23. The van der Waals surface area contributed by atoms with Gasteiger partial charge in [-0.05, 0) is 62.7 Å². The summed E-state index contributed by atoms with van der Waals surface area (Å²) in [5, 5.41) is 0. The highest BCUT2D eigenvalue weighted by molar-refractivity contribution is 9.10. The quantitative estimate of drug-likeness (QED) is 0.767. The minimum absolute atomic E-state index is 0.00702. The zero-order chi connectivity index (χ0) is 15.5. The first-order valence-electron chi connectivity index (χ1n) is 6.41. The molecule has 0 spiro atoms. The number of ether oxygens (including phenoxy) is 3. The van der Waals surface area contributed by atoms with Crippen LogP contribution >= 0.6 is 15.9 Å². The Morgan fingerprint density at radius 2 is 1.85 bits per heavy atom. The van der Waals surface area contributed by atoms with Gasteiger partial charge in [0, 0.05) is 0 Å². The van der Waals surface area contributed by atoms with E-state index in [9.17, 15) is 4.79 Å². The molecule has 0 saturated heterocycles. The normalized spacial score (nSPS) is 11.4. The third-order valence-electron chi connectivity index (χ3n) is 2.22. The summed E-state index contributed by atoms with van der Waals surface area (Å²) in [5.74, 6) is 0.677. The summed E-state index contributed by atoms with van der Waals surface area (Å²) in [6.07, 6.45) is 0.00702. The summed E-state index contributed by atoms with van der Waals surface area (Å²) in [6, 6.07) is 3.30. The van der Waals surface area contributed by atoms with E-state index < -0.39 is 11.6 Å². The lowest BCUT2D eigenvalue weighted by Crippen LogP contribution is -2.24. The SMILES string of the molecule is COc1cc(C(=O)OC(C)(C)C)cc(Br)c1OC(C)C. The van der Waals surface area contributed by atoms with Gasteiger partial charge in [0.1, 0.15) is 5.60 Å². The first kappa shape index (κ1) is 16.8. The Morgan fingerprint density at radius 3 is 2.30 bits per heavy atom. The van der Waals surface area contributed by atoms with Crippen LogP contribution in [0.2, 0.25) is 0 Å². The Balaban J connectivity index is 3.13. The predicted molar refractivity (Wildman–Crippen MR) is 81.6 cm³/mol. The van der Waals surface area contributed by atoms with Gasteiger partial charge >= 0.3 is 5.97 Å². The summed E-state index contributed by atoms with van der Waals surface area (Å²) < 4.78 is 17.0. The van der Waals surface area contributed by atoms with Crippen LogP contribution in [0.5, 0.6) is 11.5 Å². The average molecular weight is 345 g/mol. The maximum Gasteiger partial charge on any atom is 0.338 e. The largest absolute Gasteiger partial charge is 0.493 e. The van der Waals surface area contributed by atoms with Gasteiger partial charge in [-0.2, -0.15) is 0 Å². The second-order valence-electron chi connectivity index (χ2n) is 5.66. The molecular weight excluding hydrogens is 324 g/mol.